The van der Waals surface area contributed by atoms with Crippen molar-refractivity contribution in [2.75, 3.05) is 0 Å². The predicted molar refractivity (Wildman–Crippen MR) is 39.3 cm³/mol. The molecule has 10 heavy (non-hydrogen) atoms. The first-order chi connectivity index (χ1) is 4.46. The fourth-order valence-electron chi connectivity index (χ4n) is 0.603. The van der Waals surface area contributed by atoms with Crippen molar-refractivity contribution in [3.63, 3.8) is 0 Å². The molecular formula is C8H13FO. The molecular weight excluding hydrogens is 131 g/mol. The van der Waals surface area contributed by atoms with Gasteiger partial charge in [-0.05, 0) is 13.8 Å². The SMILES string of the molecule is C/C(F)=C(\C)C(=O)C(C)C. The van der Waals surface area contributed by atoms with Crippen LogP contribution in [0.25, 0.3) is 0 Å². The Morgan fingerprint density at radius 2 is 1.70 bits per heavy atom. The zero-order valence-electron chi connectivity index (χ0n) is 6.86. The molecule has 0 heterocycles. The van der Waals surface area contributed by atoms with Crippen LogP contribution in [0.5, 0.6) is 0 Å². The number of hydrogen-bond acceptors (Lipinski definition) is 1. The van der Waals surface area contributed by atoms with Crippen molar-refractivity contribution in [2.45, 2.75) is 27.7 Å². The lowest BCUT2D eigenvalue weighted by molar-refractivity contribution is -0.118. The van der Waals surface area contributed by atoms with Crippen molar-refractivity contribution in [3.05, 3.63) is 11.4 Å². The summed E-state index contributed by atoms with van der Waals surface area (Å²) >= 11 is 0. The van der Waals surface area contributed by atoms with E-state index in [9.17, 15) is 9.18 Å². The summed E-state index contributed by atoms with van der Waals surface area (Å²) in [5.74, 6) is -0.593. The summed E-state index contributed by atoms with van der Waals surface area (Å²) in [4.78, 5) is 11.0. The second-order valence-electron chi connectivity index (χ2n) is 2.68. The molecule has 0 N–H and O–H groups in total. The number of ketones is 1. The third-order valence-electron chi connectivity index (χ3n) is 1.41. The van der Waals surface area contributed by atoms with Crippen LogP contribution in [0.15, 0.2) is 11.4 Å². The van der Waals surface area contributed by atoms with E-state index in [4.69, 9.17) is 0 Å². The largest absolute Gasteiger partial charge is 0.294 e. The van der Waals surface area contributed by atoms with Gasteiger partial charge in [-0.2, -0.15) is 0 Å². The lowest BCUT2D eigenvalue weighted by atomic mass is 10.0. The molecule has 1 nitrogen and oxygen atoms in total. The molecule has 0 aromatic rings. The predicted octanol–water partition coefficient (Wildman–Crippen LogP) is 2.47. The average molecular weight is 144 g/mol. The summed E-state index contributed by atoms with van der Waals surface area (Å²) in [6.07, 6.45) is 0. The van der Waals surface area contributed by atoms with Gasteiger partial charge in [0.2, 0.25) is 0 Å². The maximum absolute atomic E-state index is 12.4. The minimum atomic E-state index is -0.376. The molecule has 0 radical (unpaired) electrons. The van der Waals surface area contributed by atoms with E-state index in [-0.39, 0.29) is 23.1 Å². The van der Waals surface area contributed by atoms with Crippen LogP contribution < -0.4 is 0 Å². The maximum atomic E-state index is 12.4. The first-order valence-corrected chi connectivity index (χ1v) is 3.34. The Kier molecular flexibility index (Phi) is 3.26. The Morgan fingerprint density at radius 1 is 1.30 bits per heavy atom. The molecule has 0 saturated carbocycles. The quantitative estimate of drug-likeness (QED) is 0.544. The summed E-state index contributed by atoms with van der Waals surface area (Å²) < 4.78 is 12.4. The topological polar surface area (TPSA) is 17.1 Å². The van der Waals surface area contributed by atoms with Crippen molar-refractivity contribution in [1.29, 1.82) is 0 Å². The highest BCUT2D eigenvalue weighted by Gasteiger charge is 2.11. The van der Waals surface area contributed by atoms with Gasteiger partial charge < -0.3 is 0 Å². The fourth-order valence-corrected chi connectivity index (χ4v) is 0.603. The molecule has 0 bridgehead atoms. The maximum Gasteiger partial charge on any atom is 0.163 e. The summed E-state index contributed by atoms with van der Waals surface area (Å²) in [5.41, 5.74) is 0.245. The van der Waals surface area contributed by atoms with E-state index in [1.54, 1.807) is 13.8 Å². The third-order valence-corrected chi connectivity index (χ3v) is 1.41. The van der Waals surface area contributed by atoms with Gasteiger partial charge in [-0.1, -0.05) is 13.8 Å². The number of hydrogen-bond donors (Lipinski definition) is 0. The van der Waals surface area contributed by atoms with Crippen LogP contribution >= 0.6 is 0 Å². The number of carbonyl (C=O) groups is 1. The second-order valence-corrected chi connectivity index (χ2v) is 2.68. The number of rotatable bonds is 2. The Balaban J connectivity index is 4.38. The van der Waals surface area contributed by atoms with Gasteiger partial charge in [0.15, 0.2) is 5.78 Å². The number of carbonyl (C=O) groups excluding carboxylic acids is 1. The molecule has 0 amide bonds. The molecule has 0 aromatic heterocycles. The lowest BCUT2D eigenvalue weighted by Crippen LogP contribution is -2.08. The van der Waals surface area contributed by atoms with Crippen molar-refractivity contribution in [1.82, 2.24) is 0 Å². The molecule has 0 aliphatic carbocycles. The highest BCUT2D eigenvalue weighted by molar-refractivity contribution is 5.96. The normalized spacial score (nSPS) is 13.4. The molecule has 0 saturated heterocycles. The highest BCUT2D eigenvalue weighted by Crippen LogP contribution is 2.10. The summed E-state index contributed by atoms with van der Waals surface area (Å²) in [6.45, 7) is 6.33. The number of Topliss-reactive ketones (excluding diaryl/α,β-unsaturated/α-hetero) is 1. The molecule has 0 aliphatic rings. The van der Waals surface area contributed by atoms with E-state index in [0.29, 0.717) is 0 Å². The van der Waals surface area contributed by atoms with Crippen LogP contribution in [0.1, 0.15) is 27.7 Å². The Morgan fingerprint density at radius 3 is 1.80 bits per heavy atom. The Hall–Kier alpha value is -0.660. The van der Waals surface area contributed by atoms with Crippen LogP contribution in [0.2, 0.25) is 0 Å². The van der Waals surface area contributed by atoms with Gasteiger partial charge >= 0.3 is 0 Å². The average Bonchev–Trinajstić information content (AvgIpc) is 1.84. The van der Waals surface area contributed by atoms with Gasteiger partial charge in [0.05, 0.1) is 0 Å². The second kappa shape index (κ2) is 3.49. The Bertz CT molecular complexity index is 164. The van der Waals surface area contributed by atoms with Crippen molar-refractivity contribution in [2.24, 2.45) is 5.92 Å². The minimum absolute atomic E-state index is 0.106. The van der Waals surface area contributed by atoms with Gasteiger partial charge in [-0.15, -0.1) is 0 Å². The lowest BCUT2D eigenvalue weighted by Gasteiger charge is -2.02. The smallest absolute Gasteiger partial charge is 0.163 e. The number of halogens is 1. The summed E-state index contributed by atoms with van der Waals surface area (Å²) in [7, 11) is 0. The standard InChI is InChI=1S/C8H13FO/c1-5(2)8(10)6(3)7(4)9/h5H,1-4H3/b7-6-. The monoisotopic (exact) mass is 144 g/mol. The van der Waals surface area contributed by atoms with Crippen LogP contribution in [0, 0.1) is 5.92 Å². The summed E-state index contributed by atoms with van der Waals surface area (Å²) in [5, 5.41) is 0. The molecule has 58 valence electrons. The molecule has 0 fully saturated rings. The van der Waals surface area contributed by atoms with E-state index >= 15 is 0 Å². The minimum Gasteiger partial charge on any atom is -0.294 e. The van der Waals surface area contributed by atoms with Gasteiger partial charge in [0.25, 0.3) is 0 Å². The first kappa shape index (κ1) is 9.34. The van der Waals surface area contributed by atoms with E-state index in [0.717, 1.165) is 0 Å². The van der Waals surface area contributed by atoms with E-state index in [2.05, 4.69) is 0 Å². The molecule has 0 rings (SSSR count). The Labute approximate surface area is 60.9 Å². The van der Waals surface area contributed by atoms with E-state index in [1.165, 1.54) is 13.8 Å². The van der Waals surface area contributed by atoms with E-state index < -0.39 is 0 Å². The van der Waals surface area contributed by atoms with Crippen LogP contribution in [0.3, 0.4) is 0 Å². The summed E-state index contributed by atoms with van der Waals surface area (Å²) in [6, 6.07) is 0. The van der Waals surface area contributed by atoms with Gasteiger partial charge in [-0.3, -0.25) is 4.79 Å². The van der Waals surface area contributed by atoms with E-state index in [1.807, 2.05) is 0 Å². The van der Waals surface area contributed by atoms with Crippen molar-refractivity contribution in [3.8, 4) is 0 Å². The van der Waals surface area contributed by atoms with Crippen molar-refractivity contribution >= 4 is 5.78 Å². The molecule has 0 unspecified atom stereocenters. The fraction of sp³-hybridized carbons (Fsp3) is 0.625. The third kappa shape index (κ3) is 2.29. The molecule has 0 atom stereocenters. The van der Waals surface area contributed by atoms with Crippen LogP contribution in [-0.4, -0.2) is 5.78 Å². The van der Waals surface area contributed by atoms with Gasteiger partial charge in [0.1, 0.15) is 5.83 Å². The zero-order chi connectivity index (χ0) is 8.31. The van der Waals surface area contributed by atoms with Gasteiger partial charge in [-0.25, -0.2) is 4.39 Å². The molecule has 0 spiro atoms. The van der Waals surface area contributed by atoms with Crippen molar-refractivity contribution < 1.29 is 9.18 Å². The molecule has 0 aliphatic heterocycles. The molecule has 0 aromatic carbocycles. The van der Waals surface area contributed by atoms with Crippen LogP contribution in [0.4, 0.5) is 4.39 Å². The number of allylic oxidation sites excluding steroid dienone is 2. The molecule has 2 heteroatoms. The highest BCUT2D eigenvalue weighted by atomic mass is 19.1. The van der Waals surface area contributed by atoms with Gasteiger partial charge in [0, 0.05) is 11.5 Å². The van der Waals surface area contributed by atoms with Crippen LogP contribution in [-0.2, 0) is 4.79 Å². The zero-order valence-corrected chi connectivity index (χ0v) is 6.86. The first-order valence-electron chi connectivity index (χ1n) is 3.34.